The van der Waals surface area contributed by atoms with Crippen molar-refractivity contribution in [2.24, 2.45) is 0 Å². The molecular formula is C22H30N2O3S. The van der Waals surface area contributed by atoms with Crippen molar-refractivity contribution in [2.45, 2.75) is 53.6 Å². The van der Waals surface area contributed by atoms with Gasteiger partial charge in [-0.1, -0.05) is 29.8 Å². The summed E-state index contributed by atoms with van der Waals surface area (Å²) in [6, 6.07) is 10.5. The minimum absolute atomic E-state index is 0.226. The molecular weight excluding hydrogens is 372 g/mol. The molecule has 0 radical (unpaired) electrons. The Morgan fingerprint density at radius 2 is 1.50 bits per heavy atom. The van der Waals surface area contributed by atoms with E-state index < -0.39 is 16.1 Å². The Hall–Kier alpha value is -2.34. The number of rotatable bonds is 6. The quantitative estimate of drug-likeness (QED) is 0.795. The monoisotopic (exact) mass is 402 g/mol. The Balaban J connectivity index is 2.31. The highest BCUT2D eigenvalue weighted by molar-refractivity contribution is 7.92. The summed E-state index contributed by atoms with van der Waals surface area (Å²) in [5.41, 5.74) is 5.66. The van der Waals surface area contributed by atoms with Gasteiger partial charge in [-0.15, -0.1) is 0 Å². The first-order chi connectivity index (χ1) is 12.9. The number of nitrogens with one attached hydrogen (secondary N) is 1. The Kier molecular flexibility index (Phi) is 6.55. The maximum absolute atomic E-state index is 12.9. The first-order valence-electron chi connectivity index (χ1n) is 9.35. The number of benzene rings is 2. The molecule has 2 aromatic rings. The molecule has 0 aliphatic rings. The van der Waals surface area contributed by atoms with Crippen molar-refractivity contribution in [3.8, 4) is 0 Å². The molecule has 0 spiro atoms. The van der Waals surface area contributed by atoms with Crippen molar-refractivity contribution in [3.63, 3.8) is 0 Å². The van der Waals surface area contributed by atoms with Crippen LogP contribution in [-0.4, -0.2) is 26.6 Å². The maximum atomic E-state index is 12.9. The number of hydrogen-bond donors (Lipinski definition) is 1. The van der Waals surface area contributed by atoms with Gasteiger partial charge in [0.15, 0.2) is 0 Å². The van der Waals surface area contributed by atoms with E-state index in [1.54, 1.807) is 19.1 Å². The average Bonchev–Trinajstić information content (AvgIpc) is 2.52. The van der Waals surface area contributed by atoms with Gasteiger partial charge in [0, 0.05) is 0 Å². The van der Waals surface area contributed by atoms with Gasteiger partial charge in [-0.25, -0.2) is 8.42 Å². The molecule has 0 fully saturated rings. The van der Waals surface area contributed by atoms with Crippen LogP contribution in [0.25, 0.3) is 0 Å². The molecule has 0 saturated heterocycles. The molecule has 5 nitrogen and oxygen atoms in total. The van der Waals surface area contributed by atoms with E-state index in [0.29, 0.717) is 5.69 Å². The summed E-state index contributed by atoms with van der Waals surface area (Å²) < 4.78 is 26.2. The first-order valence-corrected chi connectivity index (χ1v) is 11.2. The summed E-state index contributed by atoms with van der Waals surface area (Å²) in [5.74, 6) is -0.336. The van der Waals surface area contributed by atoms with E-state index in [1.807, 2.05) is 52.8 Å². The number of carbonyl (C=O) groups is 1. The van der Waals surface area contributed by atoms with Crippen LogP contribution >= 0.6 is 0 Å². The van der Waals surface area contributed by atoms with Gasteiger partial charge in [0.2, 0.25) is 15.9 Å². The molecule has 0 bridgehead atoms. The molecule has 1 amide bonds. The van der Waals surface area contributed by atoms with E-state index in [2.05, 4.69) is 11.4 Å². The maximum Gasteiger partial charge on any atom is 0.244 e. The van der Waals surface area contributed by atoms with Gasteiger partial charge < -0.3 is 5.32 Å². The molecule has 2 rings (SSSR count). The lowest BCUT2D eigenvalue weighted by atomic mass is 10.00. The molecule has 6 heteroatoms. The molecule has 0 aromatic heterocycles. The Morgan fingerprint density at radius 1 is 0.929 bits per heavy atom. The second-order valence-corrected chi connectivity index (χ2v) is 9.53. The third kappa shape index (κ3) is 5.13. The van der Waals surface area contributed by atoms with E-state index in [0.717, 1.165) is 34.1 Å². The van der Waals surface area contributed by atoms with E-state index in [4.69, 9.17) is 0 Å². The molecule has 0 aliphatic carbocycles. The zero-order valence-electron chi connectivity index (χ0n) is 17.7. The van der Waals surface area contributed by atoms with Crippen LogP contribution in [0, 0.1) is 27.7 Å². The lowest BCUT2D eigenvalue weighted by molar-refractivity contribution is -0.122. The van der Waals surface area contributed by atoms with Crippen molar-refractivity contribution in [3.05, 3.63) is 64.2 Å². The predicted molar refractivity (Wildman–Crippen MR) is 115 cm³/mol. The minimum Gasteiger partial charge on any atom is -0.348 e. The van der Waals surface area contributed by atoms with Crippen LogP contribution in [0.5, 0.6) is 0 Å². The average molecular weight is 403 g/mol. The number of carbonyl (C=O) groups excluding carboxylic acids is 1. The Bertz CT molecular complexity index is 963. The highest BCUT2D eigenvalue weighted by Crippen LogP contribution is 2.25. The van der Waals surface area contributed by atoms with Crippen LogP contribution in [0.2, 0.25) is 0 Å². The molecule has 0 aliphatic heterocycles. The minimum atomic E-state index is -3.64. The van der Waals surface area contributed by atoms with Crippen molar-refractivity contribution in [2.75, 3.05) is 10.6 Å². The fourth-order valence-electron chi connectivity index (χ4n) is 3.61. The third-order valence-corrected chi connectivity index (χ3v) is 6.04. The molecule has 0 heterocycles. The second-order valence-electron chi connectivity index (χ2n) is 7.67. The van der Waals surface area contributed by atoms with Crippen molar-refractivity contribution < 1.29 is 13.2 Å². The summed E-state index contributed by atoms with van der Waals surface area (Å²) in [5, 5.41) is 2.96. The van der Waals surface area contributed by atoms with Crippen LogP contribution in [0.4, 0.5) is 5.69 Å². The molecule has 1 N–H and O–H groups in total. The third-order valence-electron chi connectivity index (χ3n) is 4.80. The van der Waals surface area contributed by atoms with Gasteiger partial charge in [0.05, 0.1) is 18.0 Å². The Labute approximate surface area is 168 Å². The number of sulfonamides is 1. The number of aryl methyl sites for hydroxylation is 4. The summed E-state index contributed by atoms with van der Waals surface area (Å²) in [4.78, 5) is 12.9. The first kappa shape index (κ1) is 22.0. The summed E-state index contributed by atoms with van der Waals surface area (Å²) >= 11 is 0. The number of amides is 1. The van der Waals surface area contributed by atoms with E-state index in [-0.39, 0.29) is 11.9 Å². The molecule has 0 saturated carbocycles. The number of hydrogen-bond acceptors (Lipinski definition) is 3. The van der Waals surface area contributed by atoms with Crippen LogP contribution in [0.1, 0.15) is 47.7 Å². The smallest absolute Gasteiger partial charge is 0.244 e. The molecule has 152 valence electrons. The number of nitrogens with zero attached hydrogens (tertiary/aromatic N) is 1. The van der Waals surface area contributed by atoms with E-state index >= 15 is 0 Å². The number of anilines is 1. The fourth-order valence-corrected chi connectivity index (χ4v) is 4.77. The van der Waals surface area contributed by atoms with E-state index in [9.17, 15) is 13.2 Å². The van der Waals surface area contributed by atoms with Crippen LogP contribution < -0.4 is 9.62 Å². The zero-order chi connectivity index (χ0) is 21.2. The largest absolute Gasteiger partial charge is 0.348 e. The highest BCUT2D eigenvalue weighted by atomic mass is 32.2. The molecule has 2 aromatic carbocycles. The normalized spacial score (nSPS) is 13.7. The summed E-state index contributed by atoms with van der Waals surface area (Å²) in [7, 11) is -3.64. The lowest BCUT2D eigenvalue weighted by Gasteiger charge is -2.30. The van der Waals surface area contributed by atoms with Gasteiger partial charge >= 0.3 is 0 Å². The van der Waals surface area contributed by atoms with Crippen LogP contribution in [-0.2, 0) is 14.8 Å². The zero-order valence-corrected chi connectivity index (χ0v) is 18.5. The standard InChI is InChI=1S/C22H30N2O3S/c1-14-8-9-21(17(4)11-14)18(5)23-22(25)19(6)24(28(7,26)27)20-12-15(2)10-16(3)13-20/h8-13,18-19H,1-7H3,(H,23,25)/t18-,19+/m1/s1. The van der Waals surface area contributed by atoms with Crippen molar-refractivity contribution >= 4 is 21.6 Å². The van der Waals surface area contributed by atoms with Gasteiger partial charge in [0.25, 0.3) is 0 Å². The van der Waals surface area contributed by atoms with Crippen LogP contribution in [0.3, 0.4) is 0 Å². The fraction of sp³-hybridized carbons (Fsp3) is 0.409. The topological polar surface area (TPSA) is 66.5 Å². The van der Waals surface area contributed by atoms with Gasteiger partial charge in [0.1, 0.15) is 6.04 Å². The predicted octanol–water partition coefficient (Wildman–Crippen LogP) is 3.95. The molecule has 28 heavy (non-hydrogen) atoms. The van der Waals surface area contributed by atoms with Crippen molar-refractivity contribution in [1.82, 2.24) is 5.32 Å². The molecule has 2 atom stereocenters. The highest BCUT2D eigenvalue weighted by Gasteiger charge is 2.30. The summed E-state index contributed by atoms with van der Waals surface area (Å²) in [6.45, 7) is 11.4. The van der Waals surface area contributed by atoms with Gasteiger partial charge in [-0.2, -0.15) is 0 Å². The second kappa shape index (κ2) is 8.35. The van der Waals surface area contributed by atoms with Crippen LogP contribution in [0.15, 0.2) is 36.4 Å². The van der Waals surface area contributed by atoms with E-state index in [1.165, 1.54) is 4.31 Å². The lowest BCUT2D eigenvalue weighted by Crippen LogP contribution is -2.48. The van der Waals surface area contributed by atoms with Gasteiger partial charge in [-0.05, 0) is 75.9 Å². The summed E-state index contributed by atoms with van der Waals surface area (Å²) in [6.07, 6.45) is 1.13. The Morgan fingerprint density at radius 3 is 2.00 bits per heavy atom. The SMILES string of the molecule is Cc1cc(C)cc(N([C@@H](C)C(=O)N[C@H](C)c2ccc(C)cc2C)S(C)(=O)=O)c1. The van der Waals surface area contributed by atoms with Crippen molar-refractivity contribution in [1.29, 1.82) is 0 Å². The van der Waals surface area contributed by atoms with Gasteiger partial charge in [-0.3, -0.25) is 9.10 Å². The molecule has 0 unspecified atom stereocenters.